The Morgan fingerprint density at radius 1 is 1.33 bits per heavy atom. The fourth-order valence-corrected chi connectivity index (χ4v) is 4.13. The molecule has 1 heterocycles. The first-order chi connectivity index (χ1) is 11.1. The number of carbonyl (C=O) groups is 1. The average Bonchev–Trinajstić information content (AvgIpc) is 2.53. The number of sulfonamides is 1. The lowest BCUT2D eigenvalue weighted by Crippen LogP contribution is -2.42. The number of rotatable bonds is 5. The maximum atomic E-state index is 12.6. The molecular weight excluding hydrogens is 328 g/mol. The summed E-state index contributed by atoms with van der Waals surface area (Å²) >= 11 is 0. The van der Waals surface area contributed by atoms with Crippen LogP contribution in [0, 0.1) is 11.3 Å². The minimum atomic E-state index is -3.41. The molecule has 0 atom stereocenters. The van der Waals surface area contributed by atoms with Crippen LogP contribution in [0.3, 0.4) is 0 Å². The van der Waals surface area contributed by atoms with Crippen molar-refractivity contribution in [3.05, 3.63) is 18.2 Å². The summed E-state index contributed by atoms with van der Waals surface area (Å²) in [5.74, 6) is 0.600. The Bertz CT molecular complexity index is 726. The Labute approximate surface area is 144 Å². The molecule has 1 aliphatic rings. The fraction of sp³-hybridized carbons (Fsp3) is 0.588. The van der Waals surface area contributed by atoms with Crippen molar-refractivity contribution in [3.63, 3.8) is 0 Å². The van der Waals surface area contributed by atoms with E-state index in [1.165, 1.54) is 0 Å². The van der Waals surface area contributed by atoms with E-state index in [1.807, 2.05) is 34.6 Å². The van der Waals surface area contributed by atoms with Gasteiger partial charge in [-0.25, -0.2) is 8.42 Å². The lowest BCUT2D eigenvalue weighted by atomic mass is 9.93. The third-order valence-electron chi connectivity index (χ3n) is 3.81. The molecule has 6 nitrogen and oxygen atoms in total. The van der Waals surface area contributed by atoms with Crippen molar-refractivity contribution in [3.8, 4) is 5.75 Å². The SMILES string of the molecule is CCN1C(=O)C(C)(C)COc2cc(NS(=O)(=O)CC(C)C)ccc21. The summed E-state index contributed by atoms with van der Waals surface area (Å²) in [5.41, 5.74) is 0.476. The molecule has 0 radical (unpaired) electrons. The maximum absolute atomic E-state index is 12.6. The summed E-state index contributed by atoms with van der Waals surface area (Å²) in [6.07, 6.45) is 0. The van der Waals surface area contributed by atoms with Gasteiger partial charge in [0.1, 0.15) is 12.4 Å². The number of ether oxygens (including phenoxy) is 1. The molecule has 2 rings (SSSR count). The number of benzene rings is 1. The minimum absolute atomic E-state index is 0.00288. The molecule has 0 saturated carbocycles. The van der Waals surface area contributed by atoms with Gasteiger partial charge in [-0.1, -0.05) is 13.8 Å². The largest absolute Gasteiger partial charge is 0.490 e. The Morgan fingerprint density at radius 3 is 2.58 bits per heavy atom. The van der Waals surface area contributed by atoms with Gasteiger partial charge in [0.05, 0.1) is 22.5 Å². The van der Waals surface area contributed by atoms with Crippen LogP contribution < -0.4 is 14.4 Å². The van der Waals surface area contributed by atoms with Crippen LogP contribution in [0.2, 0.25) is 0 Å². The van der Waals surface area contributed by atoms with E-state index in [1.54, 1.807) is 23.1 Å². The second-order valence-corrected chi connectivity index (χ2v) is 8.95. The maximum Gasteiger partial charge on any atom is 0.236 e. The molecule has 1 amide bonds. The second-order valence-electron chi connectivity index (χ2n) is 7.18. The Kier molecular flexibility index (Phi) is 5.13. The highest BCUT2D eigenvalue weighted by Crippen LogP contribution is 2.38. The summed E-state index contributed by atoms with van der Waals surface area (Å²) in [5, 5.41) is 0. The molecule has 0 bridgehead atoms. The van der Waals surface area contributed by atoms with Crippen molar-refractivity contribution in [2.24, 2.45) is 11.3 Å². The number of hydrogen-bond acceptors (Lipinski definition) is 4. The van der Waals surface area contributed by atoms with Crippen LogP contribution in [-0.2, 0) is 14.8 Å². The molecule has 0 unspecified atom stereocenters. The normalized spacial score (nSPS) is 17.2. The molecule has 0 saturated heterocycles. The number of fused-ring (bicyclic) bond motifs is 1. The zero-order valence-electron chi connectivity index (χ0n) is 14.9. The third kappa shape index (κ3) is 4.01. The molecule has 1 aliphatic heterocycles. The van der Waals surface area contributed by atoms with Gasteiger partial charge in [-0.15, -0.1) is 0 Å². The number of hydrogen-bond donors (Lipinski definition) is 1. The van der Waals surface area contributed by atoms with E-state index in [9.17, 15) is 13.2 Å². The minimum Gasteiger partial charge on any atom is -0.490 e. The monoisotopic (exact) mass is 354 g/mol. The lowest BCUT2D eigenvalue weighted by Gasteiger charge is -2.26. The Hall–Kier alpha value is -1.76. The van der Waals surface area contributed by atoms with E-state index in [4.69, 9.17) is 4.74 Å². The number of anilines is 2. The first-order valence-electron chi connectivity index (χ1n) is 8.15. The summed E-state index contributed by atoms with van der Waals surface area (Å²) in [7, 11) is -3.41. The van der Waals surface area contributed by atoms with Crippen molar-refractivity contribution in [2.45, 2.75) is 34.6 Å². The van der Waals surface area contributed by atoms with Crippen LogP contribution in [-0.4, -0.2) is 33.2 Å². The zero-order valence-corrected chi connectivity index (χ0v) is 15.7. The molecule has 0 spiro atoms. The standard InChI is InChI=1S/C17H26N2O4S/c1-6-19-14-8-7-13(18-24(21,22)10-12(2)3)9-15(14)23-11-17(4,5)16(19)20/h7-9,12,18H,6,10-11H2,1-5H3. The molecular formula is C17H26N2O4S. The molecule has 0 aliphatic carbocycles. The average molecular weight is 354 g/mol. The van der Waals surface area contributed by atoms with E-state index >= 15 is 0 Å². The van der Waals surface area contributed by atoms with Gasteiger partial charge in [0, 0.05) is 12.6 Å². The molecule has 0 aromatic heterocycles. The first-order valence-corrected chi connectivity index (χ1v) is 9.80. The summed E-state index contributed by atoms with van der Waals surface area (Å²) < 4.78 is 32.6. The van der Waals surface area contributed by atoms with Crippen molar-refractivity contribution >= 4 is 27.3 Å². The molecule has 1 aromatic carbocycles. The quantitative estimate of drug-likeness (QED) is 0.882. The third-order valence-corrected chi connectivity index (χ3v) is 5.46. The van der Waals surface area contributed by atoms with E-state index in [0.29, 0.717) is 23.7 Å². The number of nitrogens with one attached hydrogen (secondary N) is 1. The Morgan fingerprint density at radius 2 is 2.00 bits per heavy atom. The zero-order chi connectivity index (χ0) is 18.1. The number of nitrogens with zero attached hydrogens (tertiary/aromatic N) is 1. The van der Waals surface area contributed by atoms with Crippen LogP contribution in [0.25, 0.3) is 0 Å². The van der Waals surface area contributed by atoms with Gasteiger partial charge in [0.25, 0.3) is 0 Å². The number of carbonyl (C=O) groups excluding carboxylic acids is 1. The predicted octanol–water partition coefficient (Wildman–Crippen LogP) is 2.86. The first kappa shape index (κ1) is 18.6. The molecule has 1 N–H and O–H groups in total. The van der Waals surface area contributed by atoms with Gasteiger partial charge in [-0.05, 0) is 38.8 Å². The summed E-state index contributed by atoms with van der Waals surface area (Å²) in [6, 6.07) is 5.03. The topological polar surface area (TPSA) is 75.7 Å². The smallest absolute Gasteiger partial charge is 0.236 e. The highest BCUT2D eigenvalue weighted by atomic mass is 32.2. The van der Waals surface area contributed by atoms with Crippen LogP contribution in [0.4, 0.5) is 11.4 Å². The highest BCUT2D eigenvalue weighted by Gasteiger charge is 2.37. The van der Waals surface area contributed by atoms with Crippen molar-refractivity contribution in [1.29, 1.82) is 0 Å². The van der Waals surface area contributed by atoms with Gasteiger partial charge in [0.2, 0.25) is 15.9 Å². The van der Waals surface area contributed by atoms with Gasteiger partial charge < -0.3 is 9.64 Å². The number of amides is 1. The van der Waals surface area contributed by atoms with Crippen LogP contribution in [0.15, 0.2) is 18.2 Å². The lowest BCUT2D eigenvalue weighted by molar-refractivity contribution is -0.127. The molecule has 0 fully saturated rings. The van der Waals surface area contributed by atoms with Crippen LogP contribution in [0.1, 0.15) is 34.6 Å². The van der Waals surface area contributed by atoms with Gasteiger partial charge >= 0.3 is 0 Å². The Balaban J connectivity index is 2.35. The van der Waals surface area contributed by atoms with E-state index in [2.05, 4.69) is 4.72 Å². The van der Waals surface area contributed by atoms with Crippen LogP contribution in [0.5, 0.6) is 5.75 Å². The molecule has 24 heavy (non-hydrogen) atoms. The fourth-order valence-electron chi connectivity index (χ4n) is 2.68. The van der Waals surface area contributed by atoms with Crippen molar-refractivity contribution in [1.82, 2.24) is 0 Å². The van der Waals surface area contributed by atoms with Crippen molar-refractivity contribution in [2.75, 3.05) is 28.5 Å². The van der Waals surface area contributed by atoms with Crippen molar-refractivity contribution < 1.29 is 17.9 Å². The molecule has 1 aromatic rings. The van der Waals surface area contributed by atoms with Gasteiger partial charge in [0.15, 0.2) is 0 Å². The van der Waals surface area contributed by atoms with Gasteiger partial charge in [-0.3, -0.25) is 9.52 Å². The van der Waals surface area contributed by atoms with E-state index in [0.717, 1.165) is 0 Å². The summed E-state index contributed by atoms with van der Waals surface area (Å²) in [6.45, 7) is 10.1. The van der Waals surface area contributed by atoms with E-state index in [-0.39, 0.29) is 24.2 Å². The van der Waals surface area contributed by atoms with Crippen LogP contribution >= 0.6 is 0 Å². The van der Waals surface area contributed by atoms with E-state index < -0.39 is 15.4 Å². The predicted molar refractivity (Wildman–Crippen MR) is 96.0 cm³/mol. The molecule has 7 heteroatoms. The summed E-state index contributed by atoms with van der Waals surface area (Å²) in [4.78, 5) is 14.3. The second kappa shape index (κ2) is 6.63. The highest BCUT2D eigenvalue weighted by molar-refractivity contribution is 7.92. The molecule has 134 valence electrons. The van der Waals surface area contributed by atoms with Gasteiger partial charge in [-0.2, -0.15) is 0 Å².